The van der Waals surface area contributed by atoms with Gasteiger partial charge in [-0.2, -0.15) is 0 Å². The fourth-order valence-electron chi connectivity index (χ4n) is 5.35. The van der Waals surface area contributed by atoms with Crippen LogP contribution in [-0.2, 0) is 10.0 Å². The molecule has 5 nitrogen and oxygen atoms in total. The summed E-state index contributed by atoms with van der Waals surface area (Å²) in [5.41, 5.74) is 4.37. The van der Waals surface area contributed by atoms with E-state index in [1.165, 1.54) is 35.9 Å². The topological polar surface area (TPSA) is 56.4 Å². The molecule has 0 bridgehead atoms. The first kappa shape index (κ1) is 22.6. The second-order valence-electron chi connectivity index (χ2n) is 9.40. The molecule has 33 heavy (non-hydrogen) atoms. The standard InChI is InChI=1S/C26H32FN3O2S/c27-23-7-4-20(5-8-23)22-6-9-26-24(18-22)25(19-28-26)21-10-15-30(16-11-21)33(31,32)17-3-14-29-12-1-2-13-29/h4-9,18-19,21,28H,1-3,10-17H2. The first-order valence-electron chi connectivity index (χ1n) is 12.1. The molecule has 0 aliphatic carbocycles. The molecule has 2 aliphatic rings. The Morgan fingerprint density at radius 2 is 1.64 bits per heavy atom. The highest BCUT2D eigenvalue weighted by Gasteiger charge is 2.29. The minimum Gasteiger partial charge on any atom is -0.361 e. The van der Waals surface area contributed by atoms with Crippen molar-refractivity contribution in [2.75, 3.05) is 38.5 Å². The van der Waals surface area contributed by atoms with Gasteiger partial charge in [0.1, 0.15) is 5.82 Å². The Bertz CT molecular complexity index is 1190. The molecule has 0 radical (unpaired) electrons. The molecule has 0 unspecified atom stereocenters. The number of aromatic nitrogens is 1. The van der Waals surface area contributed by atoms with Crippen molar-refractivity contribution in [3.8, 4) is 11.1 Å². The van der Waals surface area contributed by atoms with Gasteiger partial charge in [0.2, 0.25) is 10.0 Å². The summed E-state index contributed by atoms with van der Waals surface area (Å²) in [6, 6.07) is 12.9. The first-order valence-corrected chi connectivity index (χ1v) is 13.7. The predicted molar refractivity (Wildman–Crippen MR) is 131 cm³/mol. The van der Waals surface area contributed by atoms with Crippen molar-refractivity contribution in [2.45, 2.75) is 38.0 Å². The van der Waals surface area contributed by atoms with E-state index in [0.29, 0.717) is 19.0 Å². The Hall–Kier alpha value is -2.22. The van der Waals surface area contributed by atoms with Crippen molar-refractivity contribution in [1.29, 1.82) is 0 Å². The molecule has 1 N–H and O–H groups in total. The van der Waals surface area contributed by atoms with Gasteiger partial charge in [0, 0.05) is 30.2 Å². The monoisotopic (exact) mass is 469 g/mol. The van der Waals surface area contributed by atoms with Crippen molar-refractivity contribution in [1.82, 2.24) is 14.2 Å². The number of likely N-dealkylation sites (tertiary alicyclic amines) is 1. The summed E-state index contributed by atoms with van der Waals surface area (Å²) in [6.45, 7) is 4.28. The van der Waals surface area contributed by atoms with Gasteiger partial charge in [-0.1, -0.05) is 18.2 Å². The Kier molecular flexibility index (Phi) is 6.54. The molecule has 176 valence electrons. The third-order valence-corrected chi connectivity index (χ3v) is 9.21. The third kappa shape index (κ3) is 5.00. The summed E-state index contributed by atoms with van der Waals surface area (Å²) in [4.78, 5) is 5.75. The second kappa shape index (κ2) is 9.57. The van der Waals surface area contributed by atoms with Gasteiger partial charge in [0.15, 0.2) is 0 Å². The van der Waals surface area contributed by atoms with E-state index in [0.717, 1.165) is 55.5 Å². The maximum atomic E-state index is 13.3. The van der Waals surface area contributed by atoms with Crippen molar-refractivity contribution in [3.05, 3.63) is 60.0 Å². The van der Waals surface area contributed by atoms with E-state index in [4.69, 9.17) is 0 Å². The van der Waals surface area contributed by atoms with Gasteiger partial charge < -0.3 is 9.88 Å². The summed E-state index contributed by atoms with van der Waals surface area (Å²) in [6.07, 6.45) is 6.93. The van der Waals surface area contributed by atoms with E-state index in [1.54, 1.807) is 16.4 Å². The van der Waals surface area contributed by atoms with Gasteiger partial charge in [-0.05, 0) is 98.6 Å². The number of nitrogens with zero attached hydrogens (tertiary/aromatic N) is 2. The molecule has 0 amide bonds. The summed E-state index contributed by atoms with van der Waals surface area (Å²) in [5, 5.41) is 1.17. The Labute approximate surface area is 195 Å². The molecule has 0 atom stereocenters. The van der Waals surface area contributed by atoms with E-state index in [1.807, 2.05) is 6.07 Å². The average molecular weight is 470 g/mol. The van der Waals surface area contributed by atoms with Gasteiger partial charge in [-0.25, -0.2) is 17.1 Å². The highest BCUT2D eigenvalue weighted by atomic mass is 32.2. The van der Waals surface area contributed by atoms with Crippen LogP contribution in [0.1, 0.15) is 43.6 Å². The number of halogens is 1. The van der Waals surface area contributed by atoms with Crippen LogP contribution in [0.5, 0.6) is 0 Å². The normalized spacial score (nSPS) is 18.9. The quantitative estimate of drug-likeness (QED) is 0.532. The van der Waals surface area contributed by atoms with Crippen molar-refractivity contribution in [3.63, 3.8) is 0 Å². The second-order valence-corrected chi connectivity index (χ2v) is 11.5. The summed E-state index contributed by atoms with van der Waals surface area (Å²) >= 11 is 0. The molecule has 0 saturated carbocycles. The number of aromatic amines is 1. The van der Waals surface area contributed by atoms with Crippen LogP contribution >= 0.6 is 0 Å². The molecule has 2 aromatic carbocycles. The number of piperidine rings is 1. The number of hydrogen-bond donors (Lipinski definition) is 1. The molecule has 3 aromatic rings. The smallest absolute Gasteiger partial charge is 0.214 e. The van der Waals surface area contributed by atoms with Gasteiger partial charge in [-0.3, -0.25) is 0 Å². The van der Waals surface area contributed by atoms with Crippen LogP contribution in [0, 0.1) is 5.82 Å². The lowest BCUT2D eigenvalue weighted by atomic mass is 9.89. The number of nitrogens with one attached hydrogen (secondary N) is 1. The molecule has 2 aliphatic heterocycles. The van der Waals surface area contributed by atoms with Gasteiger partial charge >= 0.3 is 0 Å². The molecule has 7 heteroatoms. The zero-order valence-electron chi connectivity index (χ0n) is 19.0. The van der Waals surface area contributed by atoms with Gasteiger partial charge in [0.25, 0.3) is 0 Å². The first-order chi connectivity index (χ1) is 16.0. The number of rotatable bonds is 7. The van der Waals surface area contributed by atoms with E-state index in [2.05, 4.69) is 28.2 Å². The fourth-order valence-corrected chi connectivity index (χ4v) is 6.87. The largest absolute Gasteiger partial charge is 0.361 e. The maximum absolute atomic E-state index is 13.3. The maximum Gasteiger partial charge on any atom is 0.214 e. The van der Waals surface area contributed by atoms with Crippen LogP contribution in [0.25, 0.3) is 22.0 Å². The Balaban J connectivity index is 1.24. The minimum absolute atomic E-state index is 0.236. The molecule has 1 aromatic heterocycles. The number of hydrogen-bond acceptors (Lipinski definition) is 3. The zero-order valence-corrected chi connectivity index (χ0v) is 19.8. The molecular formula is C26H32FN3O2S. The fraction of sp³-hybridized carbons (Fsp3) is 0.462. The highest BCUT2D eigenvalue weighted by molar-refractivity contribution is 7.89. The zero-order chi connectivity index (χ0) is 22.8. The minimum atomic E-state index is -3.19. The van der Waals surface area contributed by atoms with Crippen LogP contribution in [0.15, 0.2) is 48.7 Å². The lowest BCUT2D eigenvalue weighted by molar-refractivity contribution is 0.315. The Morgan fingerprint density at radius 3 is 2.36 bits per heavy atom. The third-order valence-electron chi connectivity index (χ3n) is 7.25. The van der Waals surface area contributed by atoms with E-state index in [-0.39, 0.29) is 11.6 Å². The van der Waals surface area contributed by atoms with E-state index >= 15 is 0 Å². The van der Waals surface area contributed by atoms with Crippen LogP contribution < -0.4 is 0 Å². The number of fused-ring (bicyclic) bond motifs is 1. The molecule has 5 rings (SSSR count). The van der Waals surface area contributed by atoms with E-state index in [9.17, 15) is 12.8 Å². The lowest BCUT2D eigenvalue weighted by Crippen LogP contribution is -2.39. The molecule has 2 fully saturated rings. The van der Waals surface area contributed by atoms with Gasteiger partial charge in [-0.15, -0.1) is 0 Å². The predicted octanol–water partition coefficient (Wildman–Crippen LogP) is 4.97. The van der Waals surface area contributed by atoms with Crippen LogP contribution in [0.4, 0.5) is 4.39 Å². The highest BCUT2D eigenvalue weighted by Crippen LogP contribution is 2.35. The number of benzene rings is 2. The van der Waals surface area contributed by atoms with Crippen molar-refractivity contribution >= 4 is 20.9 Å². The van der Waals surface area contributed by atoms with Crippen LogP contribution in [0.2, 0.25) is 0 Å². The Morgan fingerprint density at radius 1 is 0.939 bits per heavy atom. The van der Waals surface area contributed by atoms with Crippen LogP contribution in [-0.4, -0.2) is 61.1 Å². The number of H-pyrrole nitrogens is 1. The molecule has 2 saturated heterocycles. The molecular weight excluding hydrogens is 437 g/mol. The average Bonchev–Trinajstić information content (AvgIpc) is 3.49. The van der Waals surface area contributed by atoms with E-state index < -0.39 is 10.0 Å². The SMILES string of the molecule is O=S(=O)(CCCN1CCCC1)N1CCC(c2c[nH]c3ccc(-c4ccc(F)cc4)cc23)CC1. The van der Waals surface area contributed by atoms with Gasteiger partial charge in [0.05, 0.1) is 5.75 Å². The van der Waals surface area contributed by atoms with Crippen LogP contribution in [0.3, 0.4) is 0 Å². The van der Waals surface area contributed by atoms with Crippen molar-refractivity contribution < 1.29 is 12.8 Å². The summed E-state index contributed by atoms with van der Waals surface area (Å²) < 4.78 is 40.7. The lowest BCUT2D eigenvalue weighted by Gasteiger charge is -2.31. The summed E-state index contributed by atoms with van der Waals surface area (Å²) in [5.74, 6) is 0.348. The summed E-state index contributed by atoms with van der Waals surface area (Å²) in [7, 11) is -3.19. The molecule has 0 spiro atoms. The molecule has 3 heterocycles. The number of sulfonamides is 1. The van der Waals surface area contributed by atoms with Crippen molar-refractivity contribution in [2.24, 2.45) is 0 Å².